The summed E-state index contributed by atoms with van der Waals surface area (Å²) in [6, 6.07) is 0. The van der Waals surface area contributed by atoms with Gasteiger partial charge in [-0.05, 0) is 0 Å². The average Bonchev–Trinajstić information content (AvgIpc) is 1.86. The van der Waals surface area contributed by atoms with E-state index in [1.807, 2.05) is 0 Å². The maximum Gasteiger partial charge on any atom is 1.00 e. The van der Waals surface area contributed by atoms with Gasteiger partial charge in [0.25, 0.3) is 0 Å². The zero-order valence-corrected chi connectivity index (χ0v) is 6.82. The molecule has 8 heavy (non-hydrogen) atoms. The van der Waals surface area contributed by atoms with Crippen LogP contribution in [0.25, 0.3) is 0 Å². The summed E-state index contributed by atoms with van der Waals surface area (Å²) in [7, 11) is 0. The van der Waals surface area contributed by atoms with Crippen LogP contribution < -0.4 is 22.8 Å². The van der Waals surface area contributed by atoms with E-state index in [2.05, 4.69) is 10.1 Å². The predicted octanol–water partition coefficient (Wildman–Crippen LogP) is -4.01. The molecule has 0 saturated carbocycles. The van der Waals surface area contributed by atoms with Crippen LogP contribution in [-0.2, 0) is 22.4 Å². The van der Waals surface area contributed by atoms with E-state index in [0.717, 1.165) is 4.79 Å². The van der Waals surface area contributed by atoms with Gasteiger partial charge in [0.2, 0.25) is 0 Å². The van der Waals surface area contributed by atoms with Crippen LogP contribution in [0.1, 0.15) is 0 Å². The fourth-order valence-electron chi connectivity index (χ4n) is 0.217. The Labute approximate surface area is 72.7 Å². The fraction of sp³-hybridized carbons (Fsp3) is 0. The summed E-state index contributed by atoms with van der Waals surface area (Å²) in [5.41, 5.74) is 0. The molecule has 0 amide bonds. The summed E-state index contributed by atoms with van der Waals surface area (Å²) in [5, 5.41) is 3.50. The van der Waals surface area contributed by atoms with Crippen molar-refractivity contribution in [1.29, 1.82) is 0 Å². The second kappa shape index (κ2) is 5.30. The monoisotopic (exact) mass is 270 g/mol. The van der Waals surface area contributed by atoms with E-state index in [9.17, 15) is 0 Å². The standard InChI is InChI=1S/C2H4N4.Ag.BrH/c3-6-2-4-1-5-6;;/h1-2H,3H2;;1H/q;+1;/p-1. The van der Waals surface area contributed by atoms with Gasteiger partial charge < -0.3 is 22.8 Å². The SMILES string of the molecule is Nn1cncn1.[Ag+].[Br-]. The maximum atomic E-state index is 5.02. The minimum absolute atomic E-state index is 0. The molecule has 1 aromatic rings. The van der Waals surface area contributed by atoms with Crippen molar-refractivity contribution in [3.8, 4) is 0 Å². The van der Waals surface area contributed by atoms with Gasteiger partial charge in [0.15, 0.2) is 0 Å². The molecule has 2 N–H and O–H groups in total. The molecule has 0 saturated heterocycles. The largest absolute Gasteiger partial charge is 1.00 e. The van der Waals surface area contributed by atoms with Crippen molar-refractivity contribution >= 4 is 0 Å². The molecule has 50 valence electrons. The van der Waals surface area contributed by atoms with Crippen molar-refractivity contribution in [2.75, 3.05) is 5.84 Å². The second-order valence-corrected chi connectivity index (χ2v) is 0.875. The Morgan fingerprint density at radius 1 is 1.50 bits per heavy atom. The van der Waals surface area contributed by atoms with Crippen LogP contribution in [-0.4, -0.2) is 14.9 Å². The number of nitrogen functional groups attached to an aromatic ring is 1. The van der Waals surface area contributed by atoms with Gasteiger partial charge in [-0.25, -0.2) is 4.98 Å². The first-order valence-corrected chi connectivity index (χ1v) is 1.49. The molecule has 0 bridgehead atoms. The van der Waals surface area contributed by atoms with Crippen molar-refractivity contribution in [3.63, 3.8) is 0 Å². The zero-order chi connectivity index (χ0) is 4.41. The number of halogens is 1. The van der Waals surface area contributed by atoms with Gasteiger partial charge >= 0.3 is 22.4 Å². The maximum absolute atomic E-state index is 5.02. The quantitative estimate of drug-likeness (QED) is 0.387. The van der Waals surface area contributed by atoms with Gasteiger partial charge in [-0.2, -0.15) is 4.79 Å². The molecular weight excluding hydrogens is 268 g/mol. The topological polar surface area (TPSA) is 56.7 Å². The summed E-state index contributed by atoms with van der Waals surface area (Å²) in [6.45, 7) is 0. The van der Waals surface area contributed by atoms with E-state index in [4.69, 9.17) is 5.84 Å². The first kappa shape index (κ1) is 11.0. The van der Waals surface area contributed by atoms with E-state index < -0.39 is 0 Å². The van der Waals surface area contributed by atoms with E-state index in [-0.39, 0.29) is 39.4 Å². The number of rotatable bonds is 0. The van der Waals surface area contributed by atoms with Gasteiger partial charge in [0.05, 0.1) is 0 Å². The Bertz CT molecular complexity index is 118. The second-order valence-electron chi connectivity index (χ2n) is 0.875. The molecule has 0 atom stereocenters. The van der Waals surface area contributed by atoms with Crippen LogP contribution in [0, 0.1) is 0 Å². The molecular formula is C2H4AgBrN4. The zero-order valence-electron chi connectivity index (χ0n) is 3.75. The van der Waals surface area contributed by atoms with Gasteiger partial charge in [-0.1, -0.05) is 0 Å². The summed E-state index contributed by atoms with van der Waals surface area (Å²) in [6.07, 6.45) is 2.79. The first-order valence-electron chi connectivity index (χ1n) is 1.49. The normalized spacial score (nSPS) is 6.50. The van der Waals surface area contributed by atoms with Gasteiger partial charge in [0.1, 0.15) is 12.7 Å². The number of nitrogens with two attached hydrogens (primary N) is 1. The van der Waals surface area contributed by atoms with Crippen LogP contribution in [0.4, 0.5) is 0 Å². The Morgan fingerprint density at radius 3 is 2.25 bits per heavy atom. The van der Waals surface area contributed by atoms with E-state index in [1.165, 1.54) is 12.7 Å². The number of hydrogen-bond donors (Lipinski definition) is 1. The molecule has 1 aromatic heterocycles. The summed E-state index contributed by atoms with van der Waals surface area (Å²) in [5.74, 6) is 5.02. The van der Waals surface area contributed by atoms with Crippen molar-refractivity contribution in [1.82, 2.24) is 14.9 Å². The van der Waals surface area contributed by atoms with Crippen LogP contribution in [0.5, 0.6) is 0 Å². The van der Waals surface area contributed by atoms with Crippen LogP contribution in [0.15, 0.2) is 12.7 Å². The molecule has 0 aliphatic carbocycles. The number of nitrogens with zero attached hydrogens (tertiary/aromatic N) is 3. The van der Waals surface area contributed by atoms with Crippen LogP contribution in [0.3, 0.4) is 0 Å². The van der Waals surface area contributed by atoms with Gasteiger partial charge in [0, 0.05) is 0 Å². The van der Waals surface area contributed by atoms with Crippen LogP contribution in [0.2, 0.25) is 0 Å². The summed E-state index contributed by atoms with van der Waals surface area (Å²) >= 11 is 0. The Balaban J connectivity index is 0. The van der Waals surface area contributed by atoms with Crippen LogP contribution >= 0.6 is 0 Å². The Morgan fingerprint density at radius 2 is 2.12 bits per heavy atom. The minimum atomic E-state index is 0. The summed E-state index contributed by atoms with van der Waals surface area (Å²) < 4.78 is 0. The minimum Gasteiger partial charge on any atom is -1.00 e. The van der Waals surface area contributed by atoms with Crippen molar-refractivity contribution in [3.05, 3.63) is 12.7 Å². The van der Waals surface area contributed by atoms with E-state index in [0.29, 0.717) is 0 Å². The number of aromatic nitrogens is 3. The van der Waals surface area contributed by atoms with E-state index >= 15 is 0 Å². The fourth-order valence-corrected chi connectivity index (χ4v) is 0.217. The average molecular weight is 272 g/mol. The van der Waals surface area contributed by atoms with Gasteiger partial charge in [-0.3, -0.25) is 0 Å². The molecule has 0 aliphatic rings. The third-order valence-corrected chi connectivity index (χ3v) is 0.437. The molecule has 0 spiro atoms. The number of hydrogen-bond acceptors (Lipinski definition) is 3. The van der Waals surface area contributed by atoms with Gasteiger partial charge in [-0.15, -0.1) is 5.10 Å². The molecule has 1 rings (SSSR count). The van der Waals surface area contributed by atoms with Crippen molar-refractivity contribution < 1.29 is 39.4 Å². The Kier molecular flexibility index (Phi) is 7.30. The molecule has 0 fully saturated rings. The molecule has 0 unspecified atom stereocenters. The smallest absolute Gasteiger partial charge is 1.00 e. The molecule has 4 nitrogen and oxygen atoms in total. The third kappa shape index (κ3) is 3.20. The first-order chi connectivity index (χ1) is 2.89. The molecule has 0 aromatic carbocycles. The predicted molar refractivity (Wildman–Crippen MR) is 20.2 cm³/mol. The summed E-state index contributed by atoms with van der Waals surface area (Å²) in [4.78, 5) is 4.69. The third-order valence-electron chi connectivity index (χ3n) is 0.437. The van der Waals surface area contributed by atoms with E-state index in [1.54, 1.807) is 0 Å². The Hall–Kier alpha value is 0.160. The molecule has 1 heterocycles. The van der Waals surface area contributed by atoms with Crippen molar-refractivity contribution in [2.24, 2.45) is 0 Å². The molecule has 6 heteroatoms. The van der Waals surface area contributed by atoms with Crippen molar-refractivity contribution in [2.45, 2.75) is 0 Å². The molecule has 0 aliphatic heterocycles. The molecule has 0 radical (unpaired) electrons.